The van der Waals surface area contributed by atoms with Crippen molar-refractivity contribution >= 4 is 33.2 Å². The van der Waals surface area contributed by atoms with E-state index in [4.69, 9.17) is 11.6 Å². The summed E-state index contributed by atoms with van der Waals surface area (Å²) in [6.45, 7) is 3.81. The van der Waals surface area contributed by atoms with Gasteiger partial charge in [0.05, 0.1) is 5.69 Å². The number of fused-ring (bicyclic) bond motifs is 1. The Bertz CT molecular complexity index is 876. The smallest absolute Gasteiger partial charge is 0.270 e. The van der Waals surface area contributed by atoms with Gasteiger partial charge in [0, 0.05) is 30.9 Å². The first kappa shape index (κ1) is 16.9. The van der Waals surface area contributed by atoms with Crippen LogP contribution in [0.4, 0.5) is 5.69 Å². The SMILES string of the molecule is CCN1CCCn2cc(S(=O)(=O)Nc3cccc(Cl)c3)cc2C1=O. The van der Waals surface area contributed by atoms with Gasteiger partial charge in [-0.25, -0.2) is 8.42 Å². The summed E-state index contributed by atoms with van der Waals surface area (Å²) in [6.07, 6.45) is 2.31. The number of aryl methyl sites for hydroxylation is 1. The van der Waals surface area contributed by atoms with E-state index in [-0.39, 0.29) is 10.8 Å². The lowest BCUT2D eigenvalue weighted by molar-refractivity contribution is 0.0766. The molecule has 0 saturated heterocycles. The molecule has 1 aromatic heterocycles. The van der Waals surface area contributed by atoms with Crippen LogP contribution >= 0.6 is 11.6 Å². The van der Waals surface area contributed by atoms with Crippen molar-refractivity contribution in [2.75, 3.05) is 17.8 Å². The molecule has 0 fully saturated rings. The Balaban J connectivity index is 1.93. The van der Waals surface area contributed by atoms with Crippen LogP contribution in [-0.2, 0) is 16.6 Å². The standard InChI is InChI=1S/C16H18ClN3O3S/c1-2-19-7-4-8-20-11-14(10-15(20)16(19)21)24(22,23)18-13-6-3-5-12(17)9-13/h3,5-6,9-11,18H,2,4,7-8H2,1H3. The van der Waals surface area contributed by atoms with Gasteiger partial charge in [0.25, 0.3) is 15.9 Å². The van der Waals surface area contributed by atoms with Gasteiger partial charge in [-0.15, -0.1) is 0 Å². The number of amides is 1. The number of nitrogens with zero attached hydrogens (tertiary/aromatic N) is 2. The van der Waals surface area contributed by atoms with Crippen LogP contribution in [-0.4, -0.2) is 36.9 Å². The topological polar surface area (TPSA) is 71.4 Å². The van der Waals surface area contributed by atoms with Crippen LogP contribution in [0.1, 0.15) is 23.8 Å². The maximum atomic E-state index is 12.6. The molecule has 6 nitrogen and oxygen atoms in total. The molecular weight excluding hydrogens is 350 g/mol. The Labute approximate surface area is 146 Å². The van der Waals surface area contributed by atoms with Gasteiger partial charge >= 0.3 is 0 Å². The Hall–Kier alpha value is -1.99. The molecular formula is C16H18ClN3O3S. The largest absolute Gasteiger partial charge is 0.342 e. The number of anilines is 1. The number of sulfonamides is 1. The fraction of sp³-hybridized carbons (Fsp3) is 0.312. The molecule has 0 atom stereocenters. The van der Waals surface area contributed by atoms with Crippen LogP contribution in [0.25, 0.3) is 0 Å². The monoisotopic (exact) mass is 367 g/mol. The van der Waals surface area contributed by atoms with Crippen LogP contribution < -0.4 is 4.72 Å². The third-order valence-corrected chi connectivity index (χ3v) is 5.56. The van der Waals surface area contributed by atoms with Crippen LogP contribution in [0.3, 0.4) is 0 Å². The number of carbonyl (C=O) groups is 1. The minimum absolute atomic E-state index is 0.0729. The average molecular weight is 368 g/mol. The zero-order valence-corrected chi connectivity index (χ0v) is 14.8. The van der Waals surface area contributed by atoms with E-state index in [1.807, 2.05) is 6.92 Å². The molecule has 0 radical (unpaired) electrons. The van der Waals surface area contributed by atoms with Gasteiger partial charge in [-0.05, 0) is 37.6 Å². The Kier molecular flexibility index (Phi) is 4.56. The molecule has 128 valence electrons. The second-order valence-electron chi connectivity index (χ2n) is 5.61. The summed E-state index contributed by atoms with van der Waals surface area (Å²) in [7, 11) is -3.78. The molecule has 3 rings (SSSR count). The van der Waals surface area contributed by atoms with Crippen molar-refractivity contribution in [2.24, 2.45) is 0 Å². The van der Waals surface area contributed by atoms with Gasteiger partial charge in [0.15, 0.2) is 0 Å². The molecule has 0 spiro atoms. The van der Waals surface area contributed by atoms with E-state index in [0.717, 1.165) is 6.42 Å². The number of halogens is 1. The van der Waals surface area contributed by atoms with E-state index in [2.05, 4.69) is 4.72 Å². The van der Waals surface area contributed by atoms with Crippen molar-refractivity contribution in [1.29, 1.82) is 0 Å². The van der Waals surface area contributed by atoms with E-state index < -0.39 is 10.0 Å². The van der Waals surface area contributed by atoms with Crippen molar-refractivity contribution in [3.8, 4) is 0 Å². The number of nitrogens with one attached hydrogen (secondary N) is 1. The molecule has 0 saturated carbocycles. The van der Waals surface area contributed by atoms with Crippen LogP contribution in [0.2, 0.25) is 5.02 Å². The maximum Gasteiger partial charge on any atom is 0.270 e. The number of hydrogen-bond donors (Lipinski definition) is 1. The Morgan fingerprint density at radius 2 is 2.04 bits per heavy atom. The summed E-state index contributed by atoms with van der Waals surface area (Å²) < 4.78 is 29.4. The number of carbonyl (C=O) groups excluding carboxylic acids is 1. The fourth-order valence-corrected chi connectivity index (χ4v) is 4.04. The second kappa shape index (κ2) is 6.49. The maximum absolute atomic E-state index is 12.6. The van der Waals surface area contributed by atoms with Crippen molar-refractivity contribution in [1.82, 2.24) is 9.47 Å². The first-order chi connectivity index (χ1) is 11.4. The van der Waals surface area contributed by atoms with Crippen molar-refractivity contribution in [3.63, 3.8) is 0 Å². The minimum Gasteiger partial charge on any atom is -0.342 e. The quantitative estimate of drug-likeness (QED) is 0.903. The normalized spacial score (nSPS) is 15.1. The summed E-state index contributed by atoms with van der Waals surface area (Å²) in [6, 6.07) is 7.91. The number of rotatable bonds is 4. The predicted molar refractivity (Wildman–Crippen MR) is 92.9 cm³/mol. The molecule has 2 aromatic rings. The number of benzene rings is 1. The lowest BCUT2D eigenvalue weighted by Crippen LogP contribution is -2.30. The minimum atomic E-state index is -3.78. The van der Waals surface area contributed by atoms with E-state index in [1.54, 1.807) is 27.7 Å². The van der Waals surface area contributed by atoms with Gasteiger partial charge in [0.2, 0.25) is 0 Å². The zero-order valence-electron chi connectivity index (χ0n) is 13.2. The zero-order chi connectivity index (χ0) is 17.3. The fourth-order valence-electron chi connectivity index (χ4n) is 2.76. The highest BCUT2D eigenvalue weighted by atomic mass is 35.5. The van der Waals surface area contributed by atoms with Crippen molar-refractivity contribution < 1.29 is 13.2 Å². The van der Waals surface area contributed by atoms with Gasteiger partial charge in [-0.2, -0.15) is 0 Å². The molecule has 0 bridgehead atoms. The summed E-state index contributed by atoms with van der Waals surface area (Å²) in [5, 5.41) is 0.441. The van der Waals surface area contributed by atoms with Gasteiger partial charge < -0.3 is 9.47 Å². The molecule has 8 heteroatoms. The molecule has 1 amide bonds. The summed E-state index contributed by atoms with van der Waals surface area (Å²) >= 11 is 5.88. The van der Waals surface area contributed by atoms with Gasteiger partial charge in [-0.3, -0.25) is 9.52 Å². The van der Waals surface area contributed by atoms with Crippen molar-refractivity contribution in [2.45, 2.75) is 24.8 Å². The van der Waals surface area contributed by atoms with Gasteiger partial charge in [-0.1, -0.05) is 17.7 Å². The van der Waals surface area contributed by atoms with Crippen LogP contribution in [0.15, 0.2) is 41.4 Å². The Morgan fingerprint density at radius 3 is 2.75 bits per heavy atom. The first-order valence-electron chi connectivity index (χ1n) is 7.68. The predicted octanol–water partition coefficient (Wildman–Crippen LogP) is 2.81. The second-order valence-corrected chi connectivity index (χ2v) is 7.73. The first-order valence-corrected chi connectivity index (χ1v) is 9.54. The summed E-state index contributed by atoms with van der Waals surface area (Å²) in [5.74, 6) is -0.140. The third-order valence-electron chi connectivity index (χ3n) is 3.97. The van der Waals surface area contributed by atoms with E-state index in [0.29, 0.717) is 36.0 Å². The van der Waals surface area contributed by atoms with E-state index in [9.17, 15) is 13.2 Å². The molecule has 1 aromatic carbocycles. The highest BCUT2D eigenvalue weighted by Crippen LogP contribution is 2.23. The molecule has 0 unspecified atom stereocenters. The van der Waals surface area contributed by atoms with E-state index in [1.165, 1.54) is 18.3 Å². The lowest BCUT2D eigenvalue weighted by atomic mass is 10.3. The van der Waals surface area contributed by atoms with Crippen LogP contribution in [0, 0.1) is 0 Å². The highest BCUT2D eigenvalue weighted by Gasteiger charge is 2.26. The summed E-state index contributed by atoms with van der Waals surface area (Å²) in [4.78, 5) is 14.3. The summed E-state index contributed by atoms with van der Waals surface area (Å²) in [5.41, 5.74) is 0.784. The lowest BCUT2D eigenvalue weighted by Gasteiger charge is -2.17. The van der Waals surface area contributed by atoms with Crippen LogP contribution in [0.5, 0.6) is 0 Å². The Morgan fingerprint density at radius 1 is 1.25 bits per heavy atom. The van der Waals surface area contributed by atoms with Crippen molar-refractivity contribution in [3.05, 3.63) is 47.2 Å². The van der Waals surface area contributed by atoms with Gasteiger partial charge in [0.1, 0.15) is 10.6 Å². The van der Waals surface area contributed by atoms with E-state index >= 15 is 0 Å². The molecule has 1 aliphatic heterocycles. The average Bonchev–Trinajstić information content (AvgIpc) is 2.90. The molecule has 24 heavy (non-hydrogen) atoms. The number of aromatic nitrogens is 1. The molecule has 1 aliphatic rings. The molecule has 0 aliphatic carbocycles. The third kappa shape index (κ3) is 3.27. The molecule has 1 N–H and O–H groups in total. The number of hydrogen-bond acceptors (Lipinski definition) is 3. The highest BCUT2D eigenvalue weighted by molar-refractivity contribution is 7.92. The molecule has 2 heterocycles.